The molecule has 0 aliphatic rings. The van der Waals surface area contributed by atoms with Gasteiger partial charge in [0.2, 0.25) is 0 Å². The zero-order valence-electron chi connectivity index (χ0n) is 9.92. The third-order valence-electron chi connectivity index (χ3n) is 2.66. The van der Waals surface area contributed by atoms with Gasteiger partial charge in [-0.2, -0.15) is 13.2 Å². The van der Waals surface area contributed by atoms with Crippen molar-refractivity contribution >= 4 is 0 Å². The molecule has 0 atom stereocenters. The Morgan fingerprint density at radius 1 is 1.06 bits per heavy atom. The summed E-state index contributed by atoms with van der Waals surface area (Å²) in [4.78, 5) is 0. The molecule has 0 N–H and O–H groups in total. The topological polar surface area (TPSA) is 13.1 Å². The summed E-state index contributed by atoms with van der Waals surface area (Å²) in [6, 6.07) is 8.77. The van der Waals surface area contributed by atoms with Crippen molar-refractivity contribution in [1.29, 1.82) is 0 Å². The van der Waals surface area contributed by atoms with E-state index >= 15 is 0 Å². The Bertz CT molecular complexity index is 526. The summed E-state index contributed by atoms with van der Waals surface area (Å²) in [5, 5.41) is 0. The van der Waals surface area contributed by atoms with Crippen molar-refractivity contribution in [2.24, 2.45) is 0 Å². The van der Waals surface area contributed by atoms with Crippen LogP contribution in [0.25, 0.3) is 11.3 Å². The van der Waals surface area contributed by atoms with Crippen molar-refractivity contribution in [2.45, 2.75) is 25.9 Å². The highest BCUT2D eigenvalue weighted by Gasteiger charge is 2.33. The molecule has 1 nitrogen and oxygen atoms in total. The third-order valence-corrected chi connectivity index (χ3v) is 2.66. The van der Waals surface area contributed by atoms with Gasteiger partial charge in [-0.3, -0.25) is 0 Å². The maximum Gasteiger partial charge on any atom is 0.417 e. The number of aryl methyl sites for hydroxylation is 1. The second-order valence-corrected chi connectivity index (χ2v) is 4.06. The quantitative estimate of drug-likeness (QED) is 0.757. The molecule has 0 aliphatic heterocycles. The lowest BCUT2D eigenvalue weighted by molar-refractivity contribution is -0.137. The lowest BCUT2D eigenvalue weighted by Gasteiger charge is -2.10. The minimum atomic E-state index is -4.37. The molecule has 0 bridgehead atoms. The number of hydrogen-bond donors (Lipinski definition) is 0. The molecule has 4 heteroatoms. The molecule has 0 fully saturated rings. The molecule has 1 aromatic carbocycles. The monoisotopic (exact) mass is 254 g/mol. The summed E-state index contributed by atoms with van der Waals surface area (Å²) in [6.45, 7) is 1.99. The average Bonchev–Trinajstić information content (AvgIpc) is 2.77. The first-order chi connectivity index (χ1) is 8.52. The van der Waals surface area contributed by atoms with Gasteiger partial charge in [0.1, 0.15) is 11.5 Å². The van der Waals surface area contributed by atoms with E-state index in [1.807, 2.05) is 6.92 Å². The van der Waals surface area contributed by atoms with E-state index in [-0.39, 0.29) is 11.3 Å². The summed E-state index contributed by atoms with van der Waals surface area (Å²) in [6.07, 6.45) is -2.74. The number of furan rings is 1. The molecule has 18 heavy (non-hydrogen) atoms. The largest absolute Gasteiger partial charge is 0.461 e. The molecular weight excluding hydrogens is 241 g/mol. The van der Waals surface area contributed by atoms with E-state index in [4.69, 9.17) is 4.42 Å². The predicted octanol–water partition coefficient (Wildman–Crippen LogP) is 4.92. The van der Waals surface area contributed by atoms with E-state index < -0.39 is 11.7 Å². The third kappa shape index (κ3) is 2.58. The van der Waals surface area contributed by atoms with Gasteiger partial charge in [-0.05, 0) is 24.6 Å². The Hall–Kier alpha value is -1.71. The van der Waals surface area contributed by atoms with Crippen molar-refractivity contribution < 1.29 is 17.6 Å². The molecule has 0 aliphatic carbocycles. The number of benzene rings is 1. The molecule has 0 amide bonds. The van der Waals surface area contributed by atoms with Crippen LogP contribution >= 0.6 is 0 Å². The van der Waals surface area contributed by atoms with E-state index in [0.717, 1.165) is 18.9 Å². The standard InChI is InChI=1S/C14H13F3O/c1-2-5-10-8-9-13(18-10)11-6-3-4-7-12(11)14(15,16)17/h3-4,6-9H,2,5H2,1H3. The van der Waals surface area contributed by atoms with Crippen LogP contribution in [0.5, 0.6) is 0 Å². The van der Waals surface area contributed by atoms with E-state index in [2.05, 4.69) is 0 Å². The SMILES string of the molecule is CCCc1ccc(-c2ccccc2C(F)(F)F)o1. The van der Waals surface area contributed by atoms with Crippen LogP contribution in [0.3, 0.4) is 0 Å². The van der Waals surface area contributed by atoms with E-state index in [0.29, 0.717) is 5.76 Å². The van der Waals surface area contributed by atoms with Crippen LogP contribution in [0, 0.1) is 0 Å². The smallest absolute Gasteiger partial charge is 0.417 e. The Morgan fingerprint density at radius 2 is 1.78 bits per heavy atom. The minimum Gasteiger partial charge on any atom is -0.461 e. The summed E-state index contributed by atoms with van der Waals surface area (Å²) in [7, 11) is 0. The molecule has 1 aromatic heterocycles. The van der Waals surface area contributed by atoms with Gasteiger partial charge in [0, 0.05) is 12.0 Å². The van der Waals surface area contributed by atoms with Crippen molar-refractivity contribution in [3.05, 3.63) is 47.7 Å². The molecule has 2 rings (SSSR count). The molecular formula is C14H13F3O. The summed E-state index contributed by atoms with van der Waals surface area (Å²) < 4.78 is 44.0. The van der Waals surface area contributed by atoms with Crippen molar-refractivity contribution in [2.75, 3.05) is 0 Å². The molecule has 0 saturated carbocycles. The lowest BCUT2D eigenvalue weighted by atomic mass is 10.1. The summed E-state index contributed by atoms with van der Waals surface area (Å²) >= 11 is 0. The Kier molecular flexibility index (Phi) is 3.45. The van der Waals surface area contributed by atoms with Gasteiger partial charge >= 0.3 is 6.18 Å². The van der Waals surface area contributed by atoms with Gasteiger partial charge in [0.05, 0.1) is 5.56 Å². The van der Waals surface area contributed by atoms with Crippen LogP contribution < -0.4 is 0 Å². The zero-order valence-corrected chi connectivity index (χ0v) is 9.92. The Balaban J connectivity index is 2.43. The molecule has 0 unspecified atom stereocenters. The van der Waals surface area contributed by atoms with Crippen LogP contribution in [-0.4, -0.2) is 0 Å². The van der Waals surface area contributed by atoms with Gasteiger partial charge in [0.25, 0.3) is 0 Å². The average molecular weight is 254 g/mol. The van der Waals surface area contributed by atoms with Crippen LogP contribution in [0.2, 0.25) is 0 Å². The molecule has 96 valence electrons. The van der Waals surface area contributed by atoms with Crippen molar-refractivity contribution in [3.8, 4) is 11.3 Å². The van der Waals surface area contributed by atoms with Crippen LogP contribution in [0.1, 0.15) is 24.7 Å². The molecule has 0 radical (unpaired) electrons. The number of rotatable bonds is 3. The molecule has 2 aromatic rings. The highest BCUT2D eigenvalue weighted by molar-refractivity contribution is 5.63. The van der Waals surface area contributed by atoms with Gasteiger partial charge < -0.3 is 4.42 Å². The van der Waals surface area contributed by atoms with E-state index in [9.17, 15) is 13.2 Å². The van der Waals surface area contributed by atoms with E-state index in [1.165, 1.54) is 12.1 Å². The maximum absolute atomic E-state index is 12.8. The fraction of sp³-hybridized carbons (Fsp3) is 0.286. The number of hydrogen-bond acceptors (Lipinski definition) is 1. The van der Waals surface area contributed by atoms with Crippen molar-refractivity contribution in [1.82, 2.24) is 0 Å². The molecule has 1 heterocycles. The summed E-state index contributed by atoms with van der Waals surface area (Å²) in [5.41, 5.74) is -0.574. The van der Waals surface area contributed by atoms with Crippen LogP contribution in [-0.2, 0) is 12.6 Å². The number of halogens is 3. The zero-order chi connectivity index (χ0) is 13.2. The Morgan fingerprint density at radius 3 is 2.44 bits per heavy atom. The Labute approximate surface area is 103 Å². The predicted molar refractivity (Wildman–Crippen MR) is 63.1 cm³/mol. The first-order valence-corrected chi connectivity index (χ1v) is 5.77. The van der Waals surface area contributed by atoms with Crippen LogP contribution in [0.4, 0.5) is 13.2 Å². The minimum absolute atomic E-state index is 0.0901. The second-order valence-electron chi connectivity index (χ2n) is 4.06. The molecule has 0 saturated heterocycles. The second kappa shape index (κ2) is 4.88. The first kappa shape index (κ1) is 12.7. The van der Waals surface area contributed by atoms with Gasteiger partial charge in [-0.25, -0.2) is 0 Å². The van der Waals surface area contributed by atoms with Crippen molar-refractivity contribution in [3.63, 3.8) is 0 Å². The summed E-state index contributed by atoms with van der Waals surface area (Å²) in [5.74, 6) is 0.982. The van der Waals surface area contributed by atoms with E-state index in [1.54, 1.807) is 18.2 Å². The van der Waals surface area contributed by atoms with Gasteiger partial charge in [0.15, 0.2) is 0 Å². The number of alkyl halides is 3. The van der Waals surface area contributed by atoms with Crippen LogP contribution in [0.15, 0.2) is 40.8 Å². The highest BCUT2D eigenvalue weighted by Crippen LogP contribution is 2.37. The highest BCUT2D eigenvalue weighted by atomic mass is 19.4. The lowest BCUT2D eigenvalue weighted by Crippen LogP contribution is -2.06. The normalized spacial score (nSPS) is 11.8. The van der Waals surface area contributed by atoms with Gasteiger partial charge in [-0.1, -0.05) is 25.1 Å². The fourth-order valence-corrected chi connectivity index (χ4v) is 1.85. The first-order valence-electron chi connectivity index (χ1n) is 5.77. The molecule has 0 spiro atoms. The maximum atomic E-state index is 12.8. The van der Waals surface area contributed by atoms with Gasteiger partial charge in [-0.15, -0.1) is 0 Å². The fourth-order valence-electron chi connectivity index (χ4n) is 1.85.